The predicted molar refractivity (Wildman–Crippen MR) is 73.1 cm³/mol. The van der Waals surface area contributed by atoms with Crippen molar-refractivity contribution in [3.63, 3.8) is 0 Å². The molecule has 0 spiro atoms. The molecule has 2 heteroatoms. The Labute approximate surface area is 106 Å². The molecule has 2 aromatic rings. The summed E-state index contributed by atoms with van der Waals surface area (Å²) in [6.07, 6.45) is 3.18. The van der Waals surface area contributed by atoms with Crippen molar-refractivity contribution in [3.05, 3.63) is 68.7 Å². The van der Waals surface area contributed by atoms with E-state index in [2.05, 4.69) is 36.4 Å². The van der Waals surface area contributed by atoms with Crippen LogP contribution in [-0.4, -0.2) is 13.7 Å². The molecule has 0 N–H and O–H groups in total. The Morgan fingerprint density at radius 3 is 2.72 bits per heavy atom. The van der Waals surface area contributed by atoms with Crippen LogP contribution in [0, 0.1) is 0 Å². The van der Waals surface area contributed by atoms with Crippen molar-refractivity contribution in [1.82, 2.24) is 0 Å². The molecule has 0 atom stereocenters. The maximum atomic E-state index is 5.50. The first-order valence-corrected chi connectivity index (χ1v) is 6.10. The highest BCUT2D eigenvalue weighted by molar-refractivity contribution is 5.51. The lowest BCUT2D eigenvalue weighted by molar-refractivity contribution is 0.415. The fourth-order valence-electron chi connectivity index (χ4n) is 2.19. The Morgan fingerprint density at radius 2 is 1.94 bits per heavy atom. The maximum Gasteiger partial charge on any atom is 0.347 e. The van der Waals surface area contributed by atoms with Crippen LogP contribution in [0.3, 0.4) is 0 Å². The molecule has 0 saturated carbocycles. The molecule has 1 aliphatic rings. The van der Waals surface area contributed by atoms with Crippen molar-refractivity contribution in [1.29, 1.82) is 0 Å². The van der Waals surface area contributed by atoms with E-state index >= 15 is 0 Å². The van der Waals surface area contributed by atoms with Crippen LogP contribution in [0.25, 0.3) is 6.08 Å². The molecule has 1 aliphatic heterocycles. The van der Waals surface area contributed by atoms with Gasteiger partial charge in [-0.3, -0.25) is 4.42 Å². The topological polar surface area (TPSA) is 20.5 Å². The van der Waals surface area contributed by atoms with Gasteiger partial charge in [-0.1, -0.05) is 12.1 Å². The average Bonchev–Trinajstić information content (AvgIpc) is 2.87. The third kappa shape index (κ3) is 2.14. The molecule has 0 radical (unpaired) electrons. The quantitative estimate of drug-likeness (QED) is 0.730. The number of methoxy groups -OCH3 is 1. The molecular weight excluding hydrogens is 224 g/mol. The number of benzene rings is 2. The molecule has 0 bridgehead atoms. The first kappa shape index (κ1) is 11.0. The summed E-state index contributed by atoms with van der Waals surface area (Å²) in [5.41, 5.74) is 3.51. The van der Waals surface area contributed by atoms with Crippen LogP contribution < -0.4 is 15.4 Å². The van der Waals surface area contributed by atoms with Gasteiger partial charge in [-0.2, -0.15) is 0 Å². The van der Waals surface area contributed by atoms with Crippen LogP contribution in [-0.2, 0) is 6.42 Å². The summed E-state index contributed by atoms with van der Waals surface area (Å²) in [5.74, 6) is 0.884. The molecule has 0 aromatic heterocycles. The fraction of sp³-hybridized carbons (Fsp3) is 0.188. The molecule has 0 saturated heterocycles. The second-order valence-corrected chi connectivity index (χ2v) is 4.38. The second kappa shape index (κ2) is 4.65. The Morgan fingerprint density at radius 1 is 1.11 bits per heavy atom. The van der Waals surface area contributed by atoms with Crippen molar-refractivity contribution in [2.75, 3.05) is 13.7 Å². The van der Waals surface area contributed by atoms with Gasteiger partial charge in [-0.25, -0.2) is 0 Å². The molecule has 2 nitrogen and oxygen atoms in total. The first-order chi connectivity index (χ1) is 8.85. The molecule has 0 aliphatic carbocycles. The number of hydrogen-bond donors (Lipinski definition) is 0. The molecule has 18 heavy (non-hydrogen) atoms. The molecule has 0 amide bonds. The average molecular weight is 239 g/mol. The van der Waals surface area contributed by atoms with Crippen molar-refractivity contribution < 1.29 is 4.74 Å². The van der Waals surface area contributed by atoms with Gasteiger partial charge < -0.3 is 4.74 Å². The first-order valence-electron chi connectivity index (χ1n) is 6.10. The van der Waals surface area contributed by atoms with Gasteiger partial charge in [0.25, 0.3) is 6.61 Å². The van der Waals surface area contributed by atoms with Gasteiger partial charge in [0.1, 0.15) is 5.75 Å². The minimum Gasteiger partial charge on any atom is -0.497 e. The lowest BCUT2D eigenvalue weighted by Crippen LogP contribution is -2.11. The normalized spacial score (nSPS) is 14.2. The number of rotatable bonds is 2. The number of hydrogen-bond acceptors (Lipinski definition) is 1. The predicted octanol–water partition coefficient (Wildman–Crippen LogP) is 1.69. The molecule has 3 rings (SSSR count). The zero-order valence-corrected chi connectivity index (χ0v) is 10.3. The Balaban J connectivity index is 1.98. The molecule has 90 valence electrons. The summed E-state index contributed by atoms with van der Waals surface area (Å²) in [6, 6.07) is 14.4. The summed E-state index contributed by atoms with van der Waals surface area (Å²) in [7, 11) is 1.68. The molecule has 2 aromatic carbocycles. The largest absolute Gasteiger partial charge is 0.497 e. The number of fused-ring (bicyclic) bond motifs is 1. The molecule has 0 unspecified atom stereocenters. The standard InChI is InChI=1S/C16H15O2/c1-17-15-5-2-12(3-6-15)10-13-4-7-16-14(11-13)8-9-18-16/h2-7,10-11H,8-9H2,1H3/q+1/b13-10+. The van der Waals surface area contributed by atoms with E-state index < -0.39 is 0 Å². The molecule has 0 fully saturated rings. The van der Waals surface area contributed by atoms with E-state index in [1.165, 1.54) is 16.3 Å². The minimum absolute atomic E-state index is 0.807. The SMILES string of the molecule is COc1ccc(/C=c2\ccc3c(c2)CC[O+]=3)cc1. The van der Waals surface area contributed by atoms with E-state index in [1.807, 2.05) is 12.1 Å². The highest BCUT2D eigenvalue weighted by atomic mass is 16.5. The lowest BCUT2D eigenvalue weighted by Gasteiger charge is -1.98. The van der Waals surface area contributed by atoms with Gasteiger partial charge in [0.15, 0.2) is 0 Å². The summed E-state index contributed by atoms with van der Waals surface area (Å²) >= 11 is 0. The van der Waals surface area contributed by atoms with Crippen LogP contribution in [0.1, 0.15) is 11.1 Å². The number of ether oxygens (including phenoxy) is 1. The van der Waals surface area contributed by atoms with E-state index in [9.17, 15) is 0 Å². The Kier molecular flexibility index (Phi) is 2.85. The van der Waals surface area contributed by atoms with Crippen LogP contribution in [0.4, 0.5) is 0 Å². The van der Waals surface area contributed by atoms with Crippen molar-refractivity contribution in [2.45, 2.75) is 6.42 Å². The minimum atomic E-state index is 0.807. The third-order valence-electron chi connectivity index (χ3n) is 3.16. The second-order valence-electron chi connectivity index (χ2n) is 4.38. The summed E-state index contributed by atoms with van der Waals surface area (Å²) in [4.78, 5) is 0. The van der Waals surface area contributed by atoms with E-state index in [-0.39, 0.29) is 0 Å². The van der Waals surface area contributed by atoms with Crippen molar-refractivity contribution in [3.8, 4) is 5.75 Å². The van der Waals surface area contributed by atoms with Gasteiger partial charge >= 0.3 is 5.43 Å². The van der Waals surface area contributed by atoms with E-state index in [4.69, 9.17) is 9.16 Å². The highest BCUT2D eigenvalue weighted by Crippen LogP contribution is 2.11. The Hall–Kier alpha value is -2.09. The van der Waals surface area contributed by atoms with Gasteiger partial charge in [0, 0.05) is 6.07 Å². The third-order valence-corrected chi connectivity index (χ3v) is 3.16. The van der Waals surface area contributed by atoms with E-state index in [1.54, 1.807) is 7.11 Å². The van der Waals surface area contributed by atoms with Gasteiger partial charge in [0.05, 0.1) is 19.1 Å². The molecular formula is C16H15O2+. The van der Waals surface area contributed by atoms with Crippen LogP contribution in [0.2, 0.25) is 0 Å². The van der Waals surface area contributed by atoms with Gasteiger partial charge in [-0.05, 0) is 41.1 Å². The molecule has 1 heterocycles. The Bertz CT molecular complexity index is 669. The van der Waals surface area contributed by atoms with Gasteiger partial charge in [0.2, 0.25) is 0 Å². The van der Waals surface area contributed by atoms with Crippen LogP contribution in [0.5, 0.6) is 5.75 Å². The van der Waals surface area contributed by atoms with Crippen molar-refractivity contribution in [2.24, 2.45) is 0 Å². The monoisotopic (exact) mass is 239 g/mol. The maximum absolute atomic E-state index is 5.50. The fourth-order valence-corrected chi connectivity index (χ4v) is 2.19. The smallest absolute Gasteiger partial charge is 0.347 e. The van der Waals surface area contributed by atoms with Crippen LogP contribution in [0.15, 0.2) is 46.9 Å². The van der Waals surface area contributed by atoms with E-state index in [0.717, 1.165) is 24.2 Å². The lowest BCUT2D eigenvalue weighted by atomic mass is 10.1. The summed E-state index contributed by atoms with van der Waals surface area (Å²) in [6.45, 7) is 0.807. The highest BCUT2D eigenvalue weighted by Gasteiger charge is 2.13. The van der Waals surface area contributed by atoms with Gasteiger partial charge in [-0.15, -0.1) is 0 Å². The van der Waals surface area contributed by atoms with E-state index in [0.29, 0.717) is 0 Å². The summed E-state index contributed by atoms with van der Waals surface area (Å²) < 4.78 is 10.7. The van der Waals surface area contributed by atoms with Crippen LogP contribution >= 0.6 is 0 Å². The zero-order chi connectivity index (χ0) is 12.4. The van der Waals surface area contributed by atoms with Crippen molar-refractivity contribution >= 4 is 6.08 Å². The summed E-state index contributed by atoms with van der Waals surface area (Å²) in [5, 5.41) is 1.21. The zero-order valence-electron chi connectivity index (χ0n) is 10.3.